The van der Waals surface area contributed by atoms with Crippen molar-refractivity contribution in [2.24, 2.45) is 0 Å². The summed E-state index contributed by atoms with van der Waals surface area (Å²) in [5.41, 5.74) is 4.07. The van der Waals surface area contributed by atoms with Crippen LogP contribution in [0.4, 0.5) is 16.3 Å². The van der Waals surface area contributed by atoms with Crippen LogP contribution in [0.25, 0.3) is 16.9 Å². The molecule has 4 heterocycles. The third-order valence-electron chi connectivity index (χ3n) is 6.97. The van der Waals surface area contributed by atoms with Crippen LogP contribution in [0.5, 0.6) is 0 Å². The highest BCUT2D eigenvalue weighted by Crippen LogP contribution is 2.31. The first-order chi connectivity index (χ1) is 20.6. The Labute approximate surface area is 241 Å². The van der Waals surface area contributed by atoms with Crippen LogP contribution in [-0.2, 0) is 6.54 Å². The highest BCUT2D eigenvalue weighted by Gasteiger charge is 2.21. The monoisotopic (exact) mass is 563 g/mol. The number of benzene rings is 2. The maximum absolute atomic E-state index is 13.2. The quantitative estimate of drug-likeness (QED) is 0.201. The van der Waals surface area contributed by atoms with E-state index in [0.717, 1.165) is 16.9 Å². The van der Waals surface area contributed by atoms with Crippen LogP contribution < -0.4 is 21.3 Å². The van der Waals surface area contributed by atoms with E-state index in [9.17, 15) is 14.4 Å². The van der Waals surface area contributed by atoms with Crippen LogP contribution in [0, 0.1) is 0 Å². The number of fused-ring (bicyclic) bond motifs is 1. The van der Waals surface area contributed by atoms with Crippen LogP contribution in [-0.4, -0.2) is 58.3 Å². The maximum atomic E-state index is 13.2. The first-order valence-corrected chi connectivity index (χ1v) is 13.6. The second-order valence-electron chi connectivity index (χ2n) is 9.75. The van der Waals surface area contributed by atoms with Gasteiger partial charge in [0.2, 0.25) is 0 Å². The Bertz CT molecular complexity index is 1710. The minimum absolute atomic E-state index is 0.120. The number of rotatable bonds is 10. The zero-order chi connectivity index (χ0) is 28.9. The number of nitrogens with one attached hydrogen (secondary N) is 4. The van der Waals surface area contributed by atoms with Crippen molar-refractivity contribution < 1.29 is 18.8 Å². The molecule has 11 heteroatoms. The molecular weight excluding hydrogens is 534 g/mol. The van der Waals surface area contributed by atoms with Crippen molar-refractivity contribution in [2.75, 3.05) is 36.8 Å². The molecule has 1 saturated heterocycles. The number of furan rings is 1. The van der Waals surface area contributed by atoms with Crippen molar-refractivity contribution in [1.29, 1.82) is 0 Å². The fourth-order valence-electron chi connectivity index (χ4n) is 4.83. The van der Waals surface area contributed by atoms with Gasteiger partial charge in [-0.1, -0.05) is 42.5 Å². The van der Waals surface area contributed by atoms with Crippen molar-refractivity contribution in [3.63, 3.8) is 0 Å². The number of hydrogen-bond donors (Lipinski definition) is 4. The number of hydrogen-bond acceptors (Lipinski definition) is 6. The van der Waals surface area contributed by atoms with Gasteiger partial charge in [0.1, 0.15) is 11.5 Å². The summed E-state index contributed by atoms with van der Waals surface area (Å²) in [6.07, 6.45) is 3.31. The summed E-state index contributed by atoms with van der Waals surface area (Å²) >= 11 is 0. The van der Waals surface area contributed by atoms with E-state index in [1.807, 2.05) is 59.1 Å². The van der Waals surface area contributed by atoms with Gasteiger partial charge < -0.3 is 30.6 Å². The van der Waals surface area contributed by atoms with E-state index < -0.39 is 0 Å². The van der Waals surface area contributed by atoms with Gasteiger partial charge >= 0.3 is 6.03 Å². The Kier molecular flexibility index (Phi) is 7.54. The Morgan fingerprint density at radius 1 is 0.952 bits per heavy atom. The molecule has 0 atom stereocenters. The standard InChI is InChI=1S/C31H29N7O4/c39-29(32-14-17-37-18-15-33-31(37)41)24-8-4-16-38-27(24)36-26(28(38)34-20-21-6-2-1-3-7-21)22-10-12-23(13-11-22)35-30(40)25-9-5-19-42-25/h1-13,16,19,34H,14-15,17-18,20H2,(H,32,39)(H,33,41)(H,35,40). The number of carbonyl (C=O) groups excluding carboxylic acids is 3. The summed E-state index contributed by atoms with van der Waals surface area (Å²) in [6, 6.07) is 24.0. The smallest absolute Gasteiger partial charge is 0.317 e. The van der Waals surface area contributed by atoms with Crippen LogP contribution in [0.1, 0.15) is 26.5 Å². The molecule has 0 bridgehead atoms. The van der Waals surface area contributed by atoms with E-state index in [1.54, 1.807) is 35.2 Å². The van der Waals surface area contributed by atoms with Gasteiger partial charge in [-0.3, -0.25) is 14.0 Å². The second kappa shape index (κ2) is 11.9. The number of urea groups is 1. The summed E-state index contributed by atoms with van der Waals surface area (Å²) < 4.78 is 7.04. The zero-order valence-corrected chi connectivity index (χ0v) is 22.7. The van der Waals surface area contributed by atoms with Gasteiger partial charge in [0, 0.05) is 50.2 Å². The molecular formula is C31H29N7O4. The molecule has 3 aromatic heterocycles. The molecule has 212 valence electrons. The molecule has 1 aliphatic heterocycles. The molecule has 6 rings (SSSR count). The number of aromatic nitrogens is 2. The molecule has 2 aromatic carbocycles. The lowest BCUT2D eigenvalue weighted by molar-refractivity contribution is 0.0950. The first-order valence-electron chi connectivity index (χ1n) is 13.6. The predicted octanol–water partition coefficient (Wildman–Crippen LogP) is 4.21. The summed E-state index contributed by atoms with van der Waals surface area (Å²) in [6.45, 7) is 2.53. The van der Waals surface area contributed by atoms with Crippen LogP contribution >= 0.6 is 0 Å². The summed E-state index contributed by atoms with van der Waals surface area (Å²) in [4.78, 5) is 44.0. The molecule has 0 saturated carbocycles. The highest BCUT2D eigenvalue weighted by molar-refractivity contribution is 6.02. The SMILES string of the molecule is O=C(Nc1ccc(-c2nc3c(C(=O)NCCN4CCNC4=O)cccn3c2NCc2ccccc2)cc1)c1ccco1. The third-order valence-corrected chi connectivity index (χ3v) is 6.97. The molecule has 11 nitrogen and oxygen atoms in total. The first kappa shape index (κ1) is 26.6. The van der Waals surface area contributed by atoms with E-state index in [0.29, 0.717) is 55.3 Å². The van der Waals surface area contributed by atoms with E-state index in [4.69, 9.17) is 9.40 Å². The molecule has 1 aliphatic rings. The third kappa shape index (κ3) is 5.66. The van der Waals surface area contributed by atoms with Crippen molar-refractivity contribution in [3.05, 3.63) is 108 Å². The minimum Gasteiger partial charge on any atom is -0.459 e. The summed E-state index contributed by atoms with van der Waals surface area (Å²) in [5, 5.41) is 12.0. The number of carbonyl (C=O) groups is 3. The van der Waals surface area contributed by atoms with E-state index >= 15 is 0 Å². The highest BCUT2D eigenvalue weighted by atomic mass is 16.3. The number of imidazole rings is 1. The van der Waals surface area contributed by atoms with Crippen LogP contribution in [0.15, 0.2) is 95.7 Å². The number of amides is 4. The Morgan fingerprint density at radius 2 is 1.79 bits per heavy atom. The molecule has 0 spiro atoms. The van der Waals surface area contributed by atoms with Crippen molar-refractivity contribution in [1.82, 2.24) is 24.9 Å². The predicted molar refractivity (Wildman–Crippen MR) is 158 cm³/mol. The lowest BCUT2D eigenvalue weighted by Gasteiger charge is -2.14. The zero-order valence-electron chi connectivity index (χ0n) is 22.7. The lowest BCUT2D eigenvalue weighted by Crippen LogP contribution is -2.36. The largest absolute Gasteiger partial charge is 0.459 e. The van der Waals surface area contributed by atoms with Gasteiger partial charge in [-0.25, -0.2) is 9.78 Å². The molecule has 4 amide bonds. The second-order valence-corrected chi connectivity index (χ2v) is 9.75. The Morgan fingerprint density at radius 3 is 2.52 bits per heavy atom. The van der Waals surface area contributed by atoms with Crippen LogP contribution in [0.3, 0.4) is 0 Å². The van der Waals surface area contributed by atoms with E-state index in [2.05, 4.69) is 21.3 Å². The number of nitrogens with zero attached hydrogens (tertiary/aromatic N) is 3. The Balaban J connectivity index is 1.28. The summed E-state index contributed by atoms with van der Waals surface area (Å²) in [5.74, 6) is 0.333. The van der Waals surface area contributed by atoms with Gasteiger partial charge in [-0.15, -0.1) is 0 Å². The molecule has 4 N–H and O–H groups in total. The number of pyridine rings is 1. The van der Waals surface area contributed by atoms with Crippen LogP contribution in [0.2, 0.25) is 0 Å². The van der Waals surface area contributed by atoms with E-state index in [1.165, 1.54) is 6.26 Å². The minimum atomic E-state index is -0.341. The molecule has 0 radical (unpaired) electrons. The lowest BCUT2D eigenvalue weighted by atomic mass is 10.1. The normalized spacial score (nSPS) is 12.8. The van der Waals surface area contributed by atoms with Gasteiger partial charge in [-0.2, -0.15) is 0 Å². The molecule has 1 fully saturated rings. The molecule has 5 aromatic rings. The molecule has 0 aliphatic carbocycles. The van der Waals surface area contributed by atoms with Gasteiger partial charge in [-0.05, 0) is 42.0 Å². The fourth-order valence-corrected chi connectivity index (χ4v) is 4.83. The average Bonchev–Trinajstić information content (AvgIpc) is 3.78. The average molecular weight is 564 g/mol. The molecule has 42 heavy (non-hydrogen) atoms. The summed E-state index contributed by atoms with van der Waals surface area (Å²) in [7, 11) is 0. The number of anilines is 2. The van der Waals surface area contributed by atoms with Crippen molar-refractivity contribution in [3.8, 4) is 11.3 Å². The van der Waals surface area contributed by atoms with Crippen molar-refractivity contribution in [2.45, 2.75) is 6.54 Å². The maximum Gasteiger partial charge on any atom is 0.317 e. The van der Waals surface area contributed by atoms with Gasteiger partial charge in [0.25, 0.3) is 11.8 Å². The van der Waals surface area contributed by atoms with Crippen molar-refractivity contribution >= 4 is 35.0 Å². The fraction of sp³-hybridized carbons (Fsp3) is 0.161. The molecule has 0 unspecified atom stereocenters. The van der Waals surface area contributed by atoms with Gasteiger partial charge in [0.15, 0.2) is 11.4 Å². The Hall–Kier alpha value is -5.58. The van der Waals surface area contributed by atoms with E-state index in [-0.39, 0.29) is 23.6 Å². The van der Waals surface area contributed by atoms with Gasteiger partial charge in [0.05, 0.1) is 11.8 Å². The topological polar surface area (TPSA) is 133 Å².